The molecule has 0 aromatic carbocycles. The predicted molar refractivity (Wildman–Crippen MR) is 100 cm³/mol. The summed E-state index contributed by atoms with van der Waals surface area (Å²) in [7, 11) is 0. The molecule has 0 bridgehead atoms. The van der Waals surface area contributed by atoms with Crippen molar-refractivity contribution >= 4 is 6.09 Å². The summed E-state index contributed by atoms with van der Waals surface area (Å²) in [4.78, 5) is 14.0. The van der Waals surface area contributed by atoms with Crippen LogP contribution in [-0.2, 0) is 4.74 Å². The molecule has 2 aliphatic rings. The van der Waals surface area contributed by atoms with Gasteiger partial charge in [0.2, 0.25) is 0 Å². The molecule has 25 heavy (non-hydrogen) atoms. The van der Waals surface area contributed by atoms with E-state index < -0.39 is 16.7 Å². The van der Waals surface area contributed by atoms with Gasteiger partial charge in [0.25, 0.3) is 0 Å². The molecule has 1 amide bonds. The zero-order valence-electron chi connectivity index (χ0n) is 17.2. The van der Waals surface area contributed by atoms with E-state index >= 15 is 0 Å². The van der Waals surface area contributed by atoms with E-state index in [0.717, 1.165) is 19.3 Å². The van der Waals surface area contributed by atoms with Crippen molar-refractivity contribution in [2.24, 2.45) is 16.6 Å². The highest BCUT2D eigenvalue weighted by Gasteiger charge is 2.56. The Balaban J connectivity index is 2.10. The molecular formula is C20H38N2O3. The maximum Gasteiger partial charge on any atom is 0.410 e. The molecule has 0 aromatic heterocycles. The number of hydrogen-bond donors (Lipinski definition) is 2. The van der Waals surface area contributed by atoms with Crippen molar-refractivity contribution < 1.29 is 14.6 Å². The van der Waals surface area contributed by atoms with E-state index in [4.69, 9.17) is 10.5 Å². The van der Waals surface area contributed by atoms with Crippen molar-refractivity contribution in [2.75, 3.05) is 13.1 Å². The summed E-state index contributed by atoms with van der Waals surface area (Å²) in [5.41, 5.74) is 5.02. The van der Waals surface area contributed by atoms with Gasteiger partial charge in [0.1, 0.15) is 5.60 Å². The summed E-state index contributed by atoms with van der Waals surface area (Å²) in [5.74, 6) is 0. The molecule has 0 spiro atoms. The third-order valence-electron chi connectivity index (χ3n) is 5.71. The van der Waals surface area contributed by atoms with Crippen LogP contribution in [0.4, 0.5) is 4.79 Å². The molecule has 0 atom stereocenters. The standard InChI is InChI=1S/C20H38N2O3/c1-16(2,3)25-15(23)22-10-8-20(24,9-11-22)19(21)13-17(4,5)12-18(6,7)14-19/h24H,8-14,21H2,1-7H3. The van der Waals surface area contributed by atoms with Gasteiger partial charge in [0, 0.05) is 18.6 Å². The van der Waals surface area contributed by atoms with Crippen molar-refractivity contribution in [1.29, 1.82) is 0 Å². The Hall–Kier alpha value is -0.810. The number of rotatable bonds is 1. The van der Waals surface area contributed by atoms with E-state index in [2.05, 4.69) is 27.7 Å². The summed E-state index contributed by atoms with van der Waals surface area (Å²) < 4.78 is 5.46. The second-order valence-electron chi connectivity index (χ2n) is 11.0. The molecule has 1 saturated carbocycles. The number of carbonyl (C=O) groups is 1. The highest BCUT2D eigenvalue weighted by Crippen LogP contribution is 2.54. The van der Waals surface area contributed by atoms with Gasteiger partial charge in [-0.15, -0.1) is 0 Å². The first-order valence-corrected chi connectivity index (χ1v) is 9.56. The molecule has 146 valence electrons. The Morgan fingerprint density at radius 1 is 1.00 bits per heavy atom. The molecule has 0 aromatic rings. The predicted octanol–water partition coefficient (Wildman–Crippen LogP) is 3.68. The van der Waals surface area contributed by atoms with Crippen molar-refractivity contribution in [1.82, 2.24) is 4.90 Å². The number of amides is 1. The maximum absolute atomic E-state index is 12.3. The average Bonchev–Trinajstić information content (AvgIpc) is 2.32. The molecular weight excluding hydrogens is 316 g/mol. The number of aliphatic hydroxyl groups is 1. The minimum atomic E-state index is -0.930. The first-order valence-electron chi connectivity index (χ1n) is 9.56. The lowest BCUT2D eigenvalue weighted by Gasteiger charge is -2.58. The van der Waals surface area contributed by atoms with Crippen LogP contribution in [-0.4, -0.2) is 45.9 Å². The smallest absolute Gasteiger partial charge is 0.410 e. The quantitative estimate of drug-likeness (QED) is 0.753. The van der Waals surface area contributed by atoms with Crippen LogP contribution in [0.1, 0.15) is 80.6 Å². The van der Waals surface area contributed by atoms with Crippen LogP contribution >= 0.6 is 0 Å². The van der Waals surface area contributed by atoms with Gasteiger partial charge in [0.15, 0.2) is 0 Å². The molecule has 0 radical (unpaired) electrons. The Bertz CT molecular complexity index is 496. The Kier molecular flexibility index (Phi) is 5.02. The molecule has 0 unspecified atom stereocenters. The number of likely N-dealkylation sites (tertiary alicyclic amines) is 1. The minimum Gasteiger partial charge on any atom is -0.444 e. The summed E-state index contributed by atoms with van der Waals surface area (Å²) in [6.07, 6.45) is 3.45. The van der Waals surface area contributed by atoms with E-state index in [1.807, 2.05) is 20.8 Å². The van der Waals surface area contributed by atoms with Gasteiger partial charge in [-0.1, -0.05) is 27.7 Å². The van der Waals surface area contributed by atoms with E-state index in [9.17, 15) is 9.90 Å². The SMILES string of the molecule is CC1(C)CC(C)(C)CC(N)(C2(O)CCN(C(=O)OC(C)(C)C)CC2)C1. The van der Waals surface area contributed by atoms with Crippen LogP contribution in [0.2, 0.25) is 0 Å². The van der Waals surface area contributed by atoms with Crippen LogP contribution < -0.4 is 5.73 Å². The normalized spacial score (nSPS) is 27.6. The molecule has 5 nitrogen and oxygen atoms in total. The molecule has 2 rings (SSSR count). The molecule has 1 heterocycles. The largest absolute Gasteiger partial charge is 0.444 e. The zero-order valence-corrected chi connectivity index (χ0v) is 17.2. The zero-order chi connectivity index (χ0) is 19.3. The van der Waals surface area contributed by atoms with Crippen LogP contribution in [0.5, 0.6) is 0 Å². The second-order valence-corrected chi connectivity index (χ2v) is 11.0. The third kappa shape index (κ3) is 4.68. The molecule has 1 aliphatic carbocycles. The van der Waals surface area contributed by atoms with Gasteiger partial charge in [0.05, 0.1) is 5.60 Å². The van der Waals surface area contributed by atoms with E-state index in [-0.39, 0.29) is 16.9 Å². The van der Waals surface area contributed by atoms with E-state index in [1.54, 1.807) is 4.90 Å². The molecule has 3 N–H and O–H groups in total. The van der Waals surface area contributed by atoms with E-state index in [1.165, 1.54) is 0 Å². The molecule has 1 aliphatic heterocycles. The summed E-state index contributed by atoms with van der Waals surface area (Å²) in [6, 6.07) is 0. The number of ether oxygens (including phenoxy) is 1. The highest BCUT2D eigenvalue weighted by molar-refractivity contribution is 5.68. The maximum atomic E-state index is 12.3. The van der Waals surface area contributed by atoms with Gasteiger partial charge in [-0.25, -0.2) is 4.79 Å². The lowest BCUT2D eigenvalue weighted by Crippen LogP contribution is -2.68. The van der Waals surface area contributed by atoms with Gasteiger partial charge in [-0.3, -0.25) is 0 Å². The summed E-state index contributed by atoms with van der Waals surface area (Å²) >= 11 is 0. The van der Waals surface area contributed by atoms with Gasteiger partial charge in [-0.2, -0.15) is 0 Å². The fraction of sp³-hybridized carbons (Fsp3) is 0.950. The first-order chi connectivity index (χ1) is 11.1. The van der Waals surface area contributed by atoms with E-state index in [0.29, 0.717) is 25.9 Å². The van der Waals surface area contributed by atoms with Gasteiger partial charge >= 0.3 is 6.09 Å². The summed E-state index contributed by atoms with van der Waals surface area (Å²) in [5, 5.41) is 11.4. The van der Waals surface area contributed by atoms with Crippen LogP contribution in [0.3, 0.4) is 0 Å². The molecule has 5 heteroatoms. The number of carbonyl (C=O) groups excluding carboxylic acids is 1. The van der Waals surface area contributed by atoms with Crippen LogP contribution in [0.15, 0.2) is 0 Å². The lowest BCUT2D eigenvalue weighted by molar-refractivity contribution is -0.125. The Labute approximate surface area is 153 Å². The monoisotopic (exact) mass is 354 g/mol. The van der Waals surface area contributed by atoms with Crippen LogP contribution in [0.25, 0.3) is 0 Å². The van der Waals surface area contributed by atoms with Gasteiger partial charge in [-0.05, 0) is 63.7 Å². The Morgan fingerprint density at radius 3 is 1.84 bits per heavy atom. The van der Waals surface area contributed by atoms with Crippen molar-refractivity contribution in [3.8, 4) is 0 Å². The molecule has 1 saturated heterocycles. The summed E-state index contributed by atoms with van der Waals surface area (Å²) in [6.45, 7) is 15.6. The number of nitrogens with zero attached hydrogens (tertiary/aromatic N) is 1. The number of hydrogen-bond acceptors (Lipinski definition) is 4. The Morgan fingerprint density at radius 2 is 1.44 bits per heavy atom. The number of piperidine rings is 1. The second kappa shape index (κ2) is 6.12. The fourth-order valence-electron chi connectivity index (χ4n) is 5.40. The third-order valence-corrected chi connectivity index (χ3v) is 5.71. The highest BCUT2D eigenvalue weighted by atomic mass is 16.6. The number of nitrogens with two attached hydrogens (primary N) is 1. The van der Waals surface area contributed by atoms with Crippen molar-refractivity contribution in [3.63, 3.8) is 0 Å². The van der Waals surface area contributed by atoms with Gasteiger partial charge < -0.3 is 20.5 Å². The lowest BCUT2D eigenvalue weighted by atomic mass is 9.53. The molecule has 2 fully saturated rings. The topological polar surface area (TPSA) is 75.8 Å². The van der Waals surface area contributed by atoms with Crippen LogP contribution in [0, 0.1) is 10.8 Å². The minimum absolute atomic E-state index is 0.106. The average molecular weight is 355 g/mol. The van der Waals surface area contributed by atoms with Crippen molar-refractivity contribution in [3.05, 3.63) is 0 Å². The van der Waals surface area contributed by atoms with Crippen molar-refractivity contribution in [2.45, 2.75) is 97.3 Å². The fourth-order valence-corrected chi connectivity index (χ4v) is 5.40. The first kappa shape index (κ1) is 20.5.